The highest BCUT2D eigenvalue weighted by atomic mass is 16.5. The Bertz CT molecular complexity index is 959. The third-order valence-corrected chi connectivity index (χ3v) is 7.07. The Hall–Kier alpha value is -2.53. The molecule has 4 heteroatoms. The molecule has 0 N–H and O–H groups in total. The molecular formula is C29H36N2O2. The molecule has 4 nitrogen and oxygen atoms in total. The van der Waals surface area contributed by atoms with Gasteiger partial charge in [0.25, 0.3) is 0 Å². The molecule has 1 heterocycles. The van der Waals surface area contributed by atoms with E-state index < -0.39 is 0 Å². The van der Waals surface area contributed by atoms with Crippen LogP contribution >= 0.6 is 0 Å². The maximum Gasteiger partial charge on any atom is 0.171 e. The Balaban J connectivity index is 1.44. The lowest BCUT2D eigenvalue weighted by Crippen LogP contribution is -2.53. The lowest BCUT2D eigenvalue weighted by molar-refractivity contribution is 0.0374. The SMILES string of the molecule is CN(C)C1(Cc2ccccc2)C=CC=CC1C(=O)c1ccc(CCCN2CCOCC2)cc1. The first-order chi connectivity index (χ1) is 16.1. The summed E-state index contributed by atoms with van der Waals surface area (Å²) >= 11 is 0. The van der Waals surface area contributed by atoms with Gasteiger partial charge < -0.3 is 4.74 Å². The van der Waals surface area contributed by atoms with Gasteiger partial charge in [-0.3, -0.25) is 14.6 Å². The second-order valence-corrected chi connectivity index (χ2v) is 9.39. The Labute approximate surface area is 198 Å². The molecule has 2 atom stereocenters. The molecule has 0 amide bonds. The van der Waals surface area contributed by atoms with Gasteiger partial charge in [-0.1, -0.05) is 78.9 Å². The first-order valence-corrected chi connectivity index (χ1v) is 12.1. The number of rotatable bonds is 9. The van der Waals surface area contributed by atoms with Gasteiger partial charge in [-0.05, 0) is 51.0 Å². The molecule has 2 unspecified atom stereocenters. The molecule has 0 bridgehead atoms. The predicted molar refractivity (Wildman–Crippen MR) is 135 cm³/mol. The summed E-state index contributed by atoms with van der Waals surface area (Å²) in [5, 5.41) is 0. The Kier molecular flexibility index (Phi) is 7.92. The monoisotopic (exact) mass is 444 g/mol. The van der Waals surface area contributed by atoms with Crippen molar-refractivity contribution in [3.63, 3.8) is 0 Å². The van der Waals surface area contributed by atoms with Crippen LogP contribution in [0.5, 0.6) is 0 Å². The Morgan fingerprint density at radius 1 is 1.00 bits per heavy atom. The van der Waals surface area contributed by atoms with Crippen molar-refractivity contribution in [2.24, 2.45) is 5.92 Å². The second-order valence-electron chi connectivity index (χ2n) is 9.39. The number of Topliss-reactive ketones (excluding diaryl/α,β-unsaturated/α-hetero) is 1. The van der Waals surface area contributed by atoms with E-state index in [0.717, 1.165) is 57.7 Å². The Morgan fingerprint density at radius 2 is 1.73 bits per heavy atom. The number of allylic oxidation sites excluding steroid dienone is 2. The number of hydrogen-bond donors (Lipinski definition) is 0. The average molecular weight is 445 g/mol. The number of carbonyl (C=O) groups excluding carboxylic acids is 1. The fraction of sp³-hybridized carbons (Fsp3) is 0.414. The van der Waals surface area contributed by atoms with Crippen LogP contribution in [-0.2, 0) is 17.6 Å². The van der Waals surface area contributed by atoms with Crippen molar-refractivity contribution in [1.82, 2.24) is 9.80 Å². The standard InChI is InChI=1S/C29H36N2O2/c1-30(2)29(23-25-9-4-3-5-10-25)17-7-6-12-27(29)28(32)26-15-13-24(14-16-26)11-8-18-31-19-21-33-22-20-31/h3-7,9-10,12-17,27H,8,11,18-23H2,1-2H3. The molecule has 2 aromatic carbocycles. The number of nitrogens with zero attached hydrogens (tertiary/aromatic N) is 2. The topological polar surface area (TPSA) is 32.8 Å². The van der Waals surface area contributed by atoms with Crippen LogP contribution in [0.3, 0.4) is 0 Å². The van der Waals surface area contributed by atoms with Crippen LogP contribution in [0.25, 0.3) is 0 Å². The minimum Gasteiger partial charge on any atom is -0.379 e. The molecule has 1 aliphatic carbocycles. The van der Waals surface area contributed by atoms with Gasteiger partial charge in [0.1, 0.15) is 0 Å². The van der Waals surface area contributed by atoms with Crippen LogP contribution in [0.15, 0.2) is 78.9 Å². The minimum atomic E-state index is -0.385. The van der Waals surface area contributed by atoms with Crippen LogP contribution in [0.1, 0.15) is 27.9 Å². The summed E-state index contributed by atoms with van der Waals surface area (Å²) in [7, 11) is 4.15. The summed E-state index contributed by atoms with van der Waals surface area (Å²) in [6.45, 7) is 4.87. The van der Waals surface area contributed by atoms with Gasteiger partial charge in [0.2, 0.25) is 0 Å². The highest BCUT2D eigenvalue weighted by Gasteiger charge is 2.42. The first kappa shape index (κ1) is 23.6. The maximum absolute atomic E-state index is 13.7. The van der Waals surface area contributed by atoms with Gasteiger partial charge in [-0.2, -0.15) is 0 Å². The highest BCUT2D eigenvalue weighted by Crippen LogP contribution is 2.35. The number of ether oxygens (including phenoxy) is 1. The van der Waals surface area contributed by atoms with Crippen LogP contribution in [-0.4, -0.2) is 68.1 Å². The van der Waals surface area contributed by atoms with E-state index in [1.165, 1.54) is 11.1 Å². The zero-order chi connectivity index (χ0) is 23.1. The summed E-state index contributed by atoms with van der Waals surface area (Å²) in [6, 6.07) is 18.7. The van der Waals surface area contributed by atoms with Gasteiger partial charge >= 0.3 is 0 Å². The smallest absolute Gasteiger partial charge is 0.171 e. The summed E-state index contributed by atoms with van der Waals surface area (Å²) in [4.78, 5) is 18.4. The van der Waals surface area contributed by atoms with Crippen molar-refractivity contribution in [2.45, 2.75) is 24.8 Å². The molecule has 0 aromatic heterocycles. The third kappa shape index (κ3) is 5.70. The van der Waals surface area contributed by atoms with Crippen molar-refractivity contribution in [3.8, 4) is 0 Å². The summed E-state index contributed by atoms with van der Waals surface area (Å²) in [5.74, 6) is -0.0509. The molecule has 0 saturated carbocycles. The fourth-order valence-electron chi connectivity index (χ4n) is 5.01. The van der Waals surface area contributed by atoms with Crippen molar-refractivity contribution in [2.75, 3.05) is 46.9 Å². The predicted octanol–water partition coefficient (Wildman–Crippen LogP) is 4.42. The fourth-order valence-corrected chi connectivity index (χ4v) is 5.01. The summed E-state index contributed by atoms with van der Waals surface area (Å²) < 4.78 is 5.43. The molecule has 174 valence electrons. The molecule has 2 aromatic rings. The maximum atomic E-state index is 13.7. The van der Waals surface area contributed by atoms with E-state index in [1.54, 1.807) is 0 Å². The molecule has 1 saturated heterocycles. The zero-order valence-corrected chi connectivity index (χ0v) is 20.0. The number of morpholine rings is 1. The first-order valence-electron chi connectivity index (χ1n) is 12.1. The number of hydrogen-bond acceptors (Lipinski definition) is 4. The van der Waals surface area contributed by atoms with Gasteiger partial charge in [0, 0.05) is 18.7 Å². The molecule has 1 fully saturated rings. The van der Waals surface area contributed by atoms with E-state index in [2.05, 4.69) is 78.5 Å². The van der Waals surface area contributed by atoms with Gasteiger partial charge in [0.15, 0.2) is 5.78 Å². The number of benzene rings is 2. The minimum absolute atomic E-state index is 0.181. The van der Waals surface area contributed by atoms with Crippen molar-refractivity contribution >= 4 is 5.78 Å². The molecular weight excluding hydrogens is 408 g/mol. The van der Waals surface area contributed by atoms with E-state index in [-0.39, 0.29) is 17.2 Å². The van der Waals surface area contributed by atoms with E-state index in [0.29, 0.717) is 0 Å². The quantitative estimate of drug-likeness (QED) is 0.536. The lowest BCUT2D eigenvalue weighted by atomic mass is 9.72. The molecule has 33 heavy (non-hydrogen) atoms. The van der Waals surface area contributed by atoms with E-state index >= 15 is 0 Å². The number of likely N-dealkylation sites (N-methyl/N-ethyl adjacent to an activating group) is 1. The normalized spacial score (nSPS) is 23.2. The van der Waals surface area contributed by atoms with Crippen LogP contribution < -0.4 is 0 Å². The summed E-state index contributed by atoms with van der Waals surface area (Å²) in [6.07, 6.45) is 11.3. The third-order valence-electron chi connectivity index (χ3n) is 7.07. The molecule has 4 rings (SSSR count). The largest absolute Gasteiger partial charge is 0.379 e. The molecule has 1 aliphatic heterocycles. The van der Waals surface area contributed by atoms with Crippen molar-refractivity contribution in [3.05, 3.63) is 95.6 Å². The van der Waals surface area contributed by atoms with E-state index in [9.17, 15) is 4.79 Å². The van der Waals surface area contributed by atoms with Gasteiger partial charge in [0.05, 0.1) is 24.7 Å². The number of carbonyl (C=O) groups is 1. The molecule has 0 radical (unpaired) electrons. The second kappa shape index (κ2) is 11.1. The van der Waals surface area contributed by atoms with Crippen LogP contribution in [0.4, 0.5) is 0 Å². The number of ketones is 1. The van der Waals surface area contributed by atoms with Gasteiger partial charge in [-0.15, -0.1) is 0 Å². The van der Waals surface area contributed by atoms with Crippen molar-refractivity contribution < 1.29 is 9.53 Å². The lowest BCUT2D eigenvalue weighted by Gasteiger charge is -2.43. The molecule has 2 aliphatic rings. The zero-order valence-electron chi connectivity index (χ0n) is 20.0. The van der Waals surface area contributed by atoms with Gasteiger partial charge in [-0.25, -0.2) is 0 Å². The van der Waals surface area contributed by atoms with E-state index in [1.807, 2.05) is 24.3 Å². The van der Waals surface area contributed by atoms with Crippen LogP contribution in [0, 0.1) is 5.92 Å². The average Bonchev–Trinajstić information content (AvgIpc) is 2.85. The Morgan fingerprint density at radius 3 is 2.42 bits per heavy atom. The highest BCUT2D eigenvalue weighted by molar-refractivity contribution is 6.00. The number of aryl methyl sites for hydroxylation is 1. The van der Waals surface area contributed by atoms with Crippen molar-refractivity contribution in [1.29, 1.82) is 0 Å². The van der Waals surface area contributed by atoms with Crippen LogP contribution in [0.2, 0.25) is 0 Å². The summed E-state index contributed by atoms with van der Waals surface area (Å²) in [5.41, 5.74) is 2.93. The van der Waals surface area contributed by atoms with E-state index in [4.69, 9.17) is 4.74 Å². The molecule has 0 spiro atoms.